The van der Waals surface area contributed by atoms with E-state index in [2.05, 4.69) is 65.4 Å². The second-order valence-electron chi connectivity index (χ2n) is 4.74. The number of rotatable bonds is 6. The topological polar surface area (TPSA) is 21.3 Å². The zero-order valence-corrected chi connectivity index (χ0v) is 14.9. The van der Waals surface area contributed by atoms with Crippen LogP contribution in [-0.2, 0) is 0 Å². The van der Waals surface area contributed by atoms with Gasteiger partial charge in [0.2, 0.25) is 0 Å². The van der Waals surface area contributed by atoms with E-state index in [0.717, 1.165) is 16.8 Å². The molecule has 0 heterocycles. The van der Waals surface area contributed by atoms with Gasteiger partial charge in [-0.25, -0.2) is 0 Å². The molecule has 0 spiro atoms. The number of nitrogens with one attached hydrogen (secondary N) is 1. The molecule has 1 unspecified atom stereocenters. The van der Waals surface area contributed by atoms with Gasteiger partial charge >= 0.3 is 0 Å². The summed E-state index contributed by atoms with van der Waals surface area (Å²) >= 11 is 5.33. The largest absolute Gasteiger partial charge is 0.497 e. The zero-order chi connectivity index (χ0) is 15.2. The summed E-state index contributed by atoms with van der Waals surface area (Å²) in [4.78, 5) is 2.43. The molecule has 1 N–H and O–H groups in total. The summed E-state index contributed by atoms with van der Waals surface area (Å²) in [5.41, 5.74) is 1.31. The van der Waals surface area contributed by atoms with Crippen LogP contribution in [0.2, 0.25) is 0 Å². The lowest BCUT2D eigenvalue weighted by Crippen LogP contribution is -2.18. The maximum atomic E-state index is 5.30. The van der Waals surface area contributed by atoms with Gasteiger partial charge in [0.15, 0.2) is 0 Å². The van der Waals surface area contributed by atoms with E-state index in [1.54, 1.807) is 18.9 Å². The first-order valence-electron chi connectivity index (χ1n) is 6.98. The van der Waals surface area contributed by atoms with E-state index in [-0.39, 0.29) is 0 Å². The Morgan fingerprint density at radius 3 is 2.76 bits per heavy atom. The predicted octanol–water partition coefficient (Wildman–Crippen LogP) is 5.28. The molecular formula is C17H20BrNOS. The van der Waals surface area contributed by atoms with Gasteiger partial charge in [-0.3, -0.25) is 0 Å². The molecular weight excluding hydrogens is 346 g/mol. The van der Waals surface area contributed by atoms with Crippen LogP contribution >= 0.6 is 27.7 Å². The Kier molecular flexibility index (Phi) is 6.15. The molecule has 21 heavy (non-hydrogen) atoms. The lowest BCUT2D eigenvalue weighted by Gasteiger charge is -2.17. The summed E-state index contributed by atoms with van der Waals surface area (Å²) in [6, 6.07) is 14.9. The van der Waals surface area contributed by atoms with E-state index < -0.39 is 0 Å². The van der Waals surface area contributed by atoms with Crippen LogP contribution in [0.4, 0.5) is 0 Å². The van der Waals surface area contributed by atoms with Crippen LogP contribution < -0.4 is 10.1 Å². The average Bonchev–Trinajstić information content (AvgIpc) is 2.48. The molecule has 4 heteroatoms. The third kappa shape index (κ3) is 4.50. The molecule has 0 radical (unpaired) electrons. The molecule has 0 aromatic heterocycles. The minimum Gasteiger partial charge on any atom is -0.497 e. The molecule has 0 bridgehead atoms. The summed E-state index contributed by atoms with van der Waals surface area (Å²) in [6.07, 6.45) is 0. The first-order chi connectivity index (χ1) is 10.1. The minimum absolute atomic E-state index is 0.330. The molecule has 0 amide bonds. The minimum atomic E-state index is 0.330. The van der Waals surface area contributed by atoms with Gasteiger partial charge < -0.3 is 10.1 Å². The zero-order valence-electron chi connectivity index (χ0n) is 12.5. The van der Waals surface area contributed by atoms with Crippen molar-refractivity contribution in [3.63, 3.8) is 0 Å². The van der Waals surface area contributed by atoms with Crippen molar-refractivity contribution < 1.29 is 4.74 Å². The second kappa shape index (κ2) is 7.87. The Morgan fingerprint density at radius 2 is 2.05 bits per heavy atom. The van der Waals surface area contributed by atoms with E-state index in [4.69, 9.17) is 4.74 Å². The molecule has 0 aliphatic rings. The second-order valence-corrected chi connectivity index (χ2v) is 6.77. The van der Waals surface area contributed by atoms with Crippen LogP contribution in [0.5, 0.6) is 5.75 Å². The van der Waals surface area contributed by atoms with Gasteiger partial charge in [-0.1, -0.05) is 46.7 Å². The number of halogens is 1. The van der Waals surface area contributed by atoms with Crippen LogP contribution in [0, 0.1) is 0 Å². The van der Waals surface area contributed by atoms with Gasteiger partial charge in [0, 0.05) is 20.3 Å². The fourth-order valence-corrected chi connectivity index (χ4v) is 3.80. The van der Waals surface area contributed by atoms with Gasteiger partial charge in [0.1, 0.15) is 5.75 Å². The number of benzene rings is 2. The normalized spacial score (nSPS) is 12.2. The van der Waals surface area contributed by atoms with Crippen molar-refractivity contribution in [3.05, 3.63) is 52.5 Å². The molecule has 2 aromatic rings. The summed E-state index contributed by atoms with van der Waals surface area (Å²) in [5.74, 6) is 0.885. The highest BCUT2D eigenvalue weighted by Crippen LogP contribution is 2.36. The van der Waals surface area contributed by atoms with E-state index in [0.29, 0.717) is 6.04 Å². The number of methoxy groups -OCH3 is 1. The van der Waals surface area contributed by atoms with Crippen molar-refractivity contribution in [1.82, 2.24) is 5.32 Å². The summed E-state index contributed by atoms with van der Waals surface area (Å²) in [5, 5.41) is 3.48. The van der Waals surface area contributed by atoms with Crippen LogP contribution in [-0.4, -0.2) is 13.7 Å². The number of hydrogen-bond acceptors (Lipinski definition) is 3. The van der Waals surface area contributed by atoms with Gasteiger partial charge in [-0.05, 0) is 49.4 Å². The first-order valence-corrected chi connectivity index (χ1v) is 8.59. The van der Waals surface area contributed by atoms with E-state index in [1.165, 1.54) is 15.4 Å². The fraction of sp³-hybridized carbons (Fsp3) is 0.294. The molecule has 2 nitrogen and oxygen atoms in total. The highest BCUT2D eigenvalue weighted by molar-refractivity contribution is 9.10. The maximum Gasteiger partial charge on any atom is 0.119 e. The van der Waals surface area contributed by atoms with Gasteiger partial charge in [-0.2, -0.15) is 0 Å². The molecule has 0 aliphatic heterocycles. The van der Waals surface area contributed by atoms with Crippen molar-refractivity contribution in [2.45, 2.75) is 29.7 Å². The Balaban J connectivity index is 2.31. The van der Waals surface area contributed by atoms with E-state index in [9.17, 15) is 0 Å². The van der Waals surface area contributed by atoms with Crippen molar-refractivity contribution in [1.29, 1.82) is 0 Å². The first kappa shape index (κ1) is 16.4. The Bertz CT molecular complexity index is 603. The Hall–Kier alpha value is -0.970. The third-order valence-electron chi connectivity index (χ3n) is 3.22. The number of hydrogen-bond donors (Lipinski definition) is 1. The highest BCUT2D eigenvalue weighted by Gasteiger charge is 2.11. The van der Waals surface area contributed by atoms with Gasteiger partial charge in [-0.15, -0.1) is 0 Å². The lowest BCUT2D eigenvalue weighted by atomic mass is 10.1. The Morgan fingerprint density at radius 1 is 1.24 bits per heavy atom. The Labute approximate surface area is 139 Å². The molecule has 1 atom stereocenters. The monoisotopic (exact) mass is 365 g/mol. The molecule has 112 valence electrons. The van der Waals surface area contributed by atoms with Crippen molar-refractivity contribution in [3.8, 4) is 5.75 Å². The van der Waals surface area contributed by atoms with Crippen molar-refractivity contribution >= 4 is 27.7 Å². The summed E-state index contributed by atoms with van der Waals surface area (Å²) in [6.45, 7) is 5.28. The fourth-order valence-electron chi connectivity index (χ4n) is 2.16. The molecule has 0 saturated carbocycles. The van der Waals surface area contributed by atoms with Gasteiger partial charge in [0.25, 0.3) is 0 Å². The average molecular weight is 366 g/mol. The number of ether oxygens (including phenoxy) is 1. The van der Waals surface area contributed by atoms with Crippen molar-refractivity contribution in [2.24, 2.45) is 0 Å². The van der Waals surface area contributed by atoms with Crippen LogP contribution in [0.25, 0.3) is 0 Å². The quantitative estimate of drug-likeness (QED) is 0.752. The van der Waals surface area contributed by atoms with Crippen molar-refractivity contribution in [2.75, 3.05) is 13.7 Å². The smallest absolute Gasteiger partial charge is 0.119 e. The van der Waals surface area contributed by atoms with E-state index in [1.807, 2.05) is 12.1 Å². The summed E-state index contributed by atoms with van der Waals surface area (Å²) in [7, 11) is 1.70. The summed E-state index contributed by atoms with van der Waals surface area (Å²) < 4.78 is 6.40. The molecule has 0 fully saturated rings. The molecule has 0 aliphatic carbocycles. The predicted molar refractivity (Wildman–Crippen MR) is 93.4 cm³/mol. The third-order valence-corrected chi connectivity index (χ3v) is 4.78. The van der Waals surface area contributed by atoms with Crippen LogP contribution in [0.3, 0.4) is 0 Å². The van der Waals surface area contributed by atoms with Crippen LogP contribution in [0.1, 0.15) is 25.5 Å². The maximum absolute atomic E-state index is 5.30. The molecule has 2 aromatic carbocycles. The standard InChI is InChI=1S/C17H20BrNOS/c1-4-19-12(2)16-9-8-13(18)10-17(16)21-15-7-5-6-14(11-15)20-3/h5-12,19H,4H2,1-3H3. The SMILES string of the molecule is CCNC(C)c1ccc(Br)cc1Sc1cccc(OC)c1. The lowest BCUT2D eigenvalue weighted by molar-refractivity contribution is 0.413. The van der Waals surface area contributed by atoms with E-state index >= 15 is 0 Å². The molecule has 0 saturated heterocycles. The van der Waals surface area contributed by atoms with Gasteiger partial charge in [0.05, 0.1) is 7.11 Å². The highest BCUT2D eigenvalue weighted by atomic mass is 79.9. The molecule has 2 rings (SSSR count). The van der Waals surface area contributed by atoms with Crippen LogP contribution in [0.15, 0.2) is 56.7 Å².